The van der Waals surface area contributed by atoms with Gasteiger partial charge in [0, 0.05) is 22.4 Å². The first-order valence-corrected chi connectivity index (χ1v) is 13.0. The van der Waals surface area contributed by atoms with Gasteiger partial charge >= 0.3 is 6.03 Å². The predicted molar refractivity (Wildman–Crippen MR) is 144 cm³/mol. The number of amides is 3. The van der Waals surface area contributed by atoms with E-state index in [4.69, 9.17) is 0 Å². The fourth-order valence-corrected chi connectivity index (χ4v) is 5.36. The Morgan fingerprint density at radius 2 is 1.70 bits per heavy atom. The van der Waals surface area contributed by atoms with Crippen LogP contribution in [0.2, 0.25) is 0 Å². The van der Waals surface area contributed by atoms with Crippen LogP contribution in [0.5, 0.6) is 0 Å². The van der Waals surface area contributed by atoms with Crippen molar-refractivity contribution < 1.29 is 14.0 Å². The van der Waals surface area contributed by atoms with Gasteiger partial charge in [-0.25, -0.2) is 9.18 Å². The molecular weight excluding hydrogens is 535 g/mol. The fourth-order valence-electron chi connectivity index (χ4n) is 4.96. The third kappa shape index (κ3) is 4.53. The molecule has 6 rings (SSSR count). The van der Waals surface area contributed by atoms with Crippen LogP contribution in [-0.4, -0.2) is 34.0 Å². The Morgan fingerprint density at radius 1 is 0.946 bits per heavy atom. The molecular formula is C29H24BrFN4O2. The average molecular weight is 559 g/mol. The minimum Gasteiger partial charge on any atom is -0.316 e. The van der Waals surface area contributed by atoms with E-state index in [1.54, 1.807) is 21.9 Å². The molecule has 1 saturated carbocycles. The van der Waals surface area contributed by atoms with Crippen LogP contribution < -0.4 is 10.2 Å². The molecule has 1 aliphatic carbocycles. The molecule has 186 valence electrons. The lowest BCUT2D eigenvalue weighted by Gasteiger charge is -2.39. The highest BCUT2D eigenvalue weighted by Gasteiger charge is 2.40. The van der Waals surface area contributed by atoms with Gasteiger partial charge in [-0.2, -0.15) is 0 Å². The molecule has 8 heteroatoms. The van der Waals surface area contributed by atoms with Crippen LogP contribution in [0.15, 0.2) is 95.6 Å². The number of rotatable bonds is 5. The Kier molecular flexibility index (Phi) is 6.04. The molecule has 2 aliphatic rings. The summed E-state index contributed by atoms with van der Waals surface area (Å²) in [5, 5.41) is 2.93. The van der Waals surface area contributed by atoms with E-state index in [-0.39, 0.29) is 30.3 Å². The maximum Gasteiger partial charge on any atom is 0.322 e. The zero-order chi connectivity index (χ0) is 25.5. The van der Waals surface area contributed by atoms with E-state index < -0.39 is 6.04 Å². The largest absolute Gasteiger partial charge is 0.322 e. The lowest BCUT2D eigenvalue weighted by Crippen LogP contribution is -2.48. The molecule has 1 N–H and O–H groups in total. The van der Waals surface area contributed by atoms with Crippen molar-refractivity contribution in [2.45, 2.75) is 24.9 Å². The predicted octanol–water partition coefficient (Wildman–Crippen LogP) is 6.51. The van der Waals surface area contributed by atoms with Crippen molar-refractivity contribution in [3.63, 3.8) is 0 Å². The molecule has 0 bridgehead atoms. The molecule has 3 aromatic carbocycles. The number of anilines is 2. The third-order valence-electron chi connectivity index (χ3n) is 6.80. The van der Waals surface area contributed by atoms with Crippen molar-refractivity contribution in [1.82, 2.24) is 9.47 Å². The summed E-state index contributed by atoms with van der Waals surface area (Å²) in [6.07, 6.45) is 3.69. The molecule has 37 heavy (non-hydrogen) atoms. The monoisotopic (exact) mass is 558 g/mol. The number of urea groups is 1. The SMILES string of the molecule is O=C(Nc1cccc(Br)c1)N(CC(=O)N1c2ccccc2-n2cccc2[C@H]1c1ccc(F)cc1)C1CC1. The second-order valence-corrected chi connectivity index (χ2v) is 10.2. The van der Waals surface area contributed by atoms with Crippen LogP contribution in [0, 0.1) is 5.82 Å². The number of halogens is 2. The van der Waals surface area contributed by atoms with Gasteiger partial charge in [0.2, 0.25) is 5.91 Å². The molecule has 3 amide bonds. The Balaban J connectivity index is 1.36. The smallest absolute Gasteiger partial charge is 0.316 e. The summed E-state index contributed by atoms with van der Waals surface area (Å²) < 4.78 is 16.7. The van der Waals surface area contributed by atoms with Gasteiger partial charge in [0.15, 0.2) is 0 Å². The quantitative estimate of drug-likeness (QED) is 0.303. The van der Waals surface area contributed by atoms with Gasteiger partial charge in [-0.1, -0.05) is 46.3 Å². The second-order valence-electron chi connectivity index (χ2n) is 9.31. The molecule has 1 aromatic heterocycles. The van der Waals surface area contributed by atoms with E-state index in [9.17, 15) is 14.0 Å². The maximum absolute atomic E-state index is 14.1. The summed E-state index contributed by atoms with van der Waals surface area (Å²) in [5.74, 6) is -0.539. The maximum atomic E-state index is 14.1. The molecule has 0 unspecified atom stereocenters. The number of nitrogens with zero attached hydrogens (tertiary/aromatic N) is 3. The highest BCUT2D eigenvalue weighted by atomic mass is 79.9. The molecule has 1 aliphatic heterocycles. The van der Waals surface area contributed by atoms with Gasteiger partial charge in [-0.15, -0.1) is 0 Å². The number of aromatic nitrogens is 1. The topological polar surface area (TPSA) is 57.6 Å². The van der Waals surface area contributed by atoms with Crippen LogP contribution >= 0.6 is 15.9 Å². The number of fused-ring (bicyclic) bond motifs is 3. The fraction of sp³-hybridized carbons (Fsp3) is 0.172. The highest BCUT2D eigenvalue weighted by molar-refractivity contribution is 9.10. The molecule has 4 aromatic rings. The summed E-state index contributed by atoms with van der Waals surface area (Å²) in [7, 11) is 0. The van der Waals surface area contributed by atoms with Gasteiger partial charge < -0.3 is 14.8 Å². The zero-order valence-corrected chi connectivity index (χ0v) is 21.4. The number of carbonyl (C=O) groups excluding carboxylic acids is 2. The average Bonchev–Trinajstić information content (AvgIpc) is 3.62. The minimum absolute atomic E-state index is 0.0178. The first-order valence-electron chi connectivity index (χ1n) is 12.2. The molecule has 1 atom stereocenters. The van der Waals surface area contributed by atoms with Gasteiger partial charge in [0.25, 0.3) is 0 Å². The first-order chi connectivity index (χ1) is 18.0. The highest BCUT2D eigenvalue weighted by Crippen LogP contribution is 2.42. The van der Waals surface area contributed by atoms with Crippen molar-refractivity contribution in [2.24, 2.45) is 0 Å². The van der Waals surface area contributed by atoms with Crippen molar-refractivity contribution in [2.75, 3.05) is 16.8 Å². The van der Waals surface area contributed by atoms with Crippen molar-refractivity contribution in [3.8, 4) is 5.69 Å². The number of benzene rings is 3. The van der Waals surface area contributed by atoms with Crippen LogP contribution in [-0.2, 0) is 4.79 Å². The Labute approximate surface area is 222 Å². The first kappa shape index (κ1) is 23.5. The summed E-state index contributed by atoms with van der Waals surface area (Å²) in [6.45, 7) is -0.0722. The summed E-state index contributed by atoms with van der Waals surface area (Å²) in [6, 6.07) is 24.5. The van der Waals surface area contributed by atoms with Crippen LogP contribution in [0.4, 0.5) is 20.6 Å². The van der Waals surface area contributed by atoms with E-state index in [1.165, 1.54) is 12.1 Å². The van der Waals surface area contributed by atoms with Crippen LogP contribution in [0.1, 0.15) is 30.1 Å². The van der Waals surface area contributed by atoms with Crippen molar-refractivity contribution in [3.05, 3.63) is 113 Å². The molecule has 1 fully saturated rings. The van der Waals surface area contributed by atoms with E-state index >= 15 is 0 Å². The summed E-state index contributed by atoms with van der Waals surface area (Å²) in [4.78, 5) is 30.8. The van der Waals surface area contributed by atoms with Gasteiger partial charge in [0.1, 0.15) is 18.4 Å². The number of hydrogen-bond acceptors (Lipinski definition) is 2. The molecule has 0 saturated heterocycles. The van der Waals surface area contributed by atoms with Gasteiger partial charge in [-0.05, 0) is 73.0 Å². The number of nitrogens with one attached hydrogen (secondary N) is 1. The molecule has 0 radical (unpaired) electrons. The standard InChI is InChI=1S/C29H24BrFN4O2/c30-20-5-3-6-22(17-20)32-29(37)34(23-14-15-23)18-27(36)35-25-8-2-1-7-24(25)33-16-4-9-26(33)28(35)19-10-12-21(31)13-11-19/h1-13,16-17,23,28H,14-15,18H2,(H,32,37)/t28-/m1/s1. The Hall–Kier alpha value is -3.91. The molecule has 2 heterocycles. The van der Waals surface area contributed by atoms with E-state index in [1.807, 2.05) is 66.9 Å². The Bertz CT molecular complexity index is 1480. The molecule has 6 nitrogen and oxygen atoms in total. The third-order valence-corrected chi connectivity index (χ3v) is 7.30. The Morgan fingerprint density at radius 3 is 2.43 bits per heavy atom. The van der Waals surface area contributed by atoms with Crippen molar-refractivity contribution >= 4 is 39.2 Å². The number of para-hydroxylation sites is 2. The van der Waals surface area contributed by atoms with Gasteiger partial charge in [-0.3, -0.25) is 9.69 Å². The number of carbonyl (C=O) groups is 2. The van der Waals surface area contributed by atoms with Crippen LogP contribution in [0.3, 0.4) is 0 Å². The van der Waals surface area contributed by atoms with E-state index in [2.05, 4.69) is 25.8 Å². The lowest BCUT2D eigenvalue weighted by atomic mass is 9.97. The van der Waals surface area contributed by atoms with Crippen molar-refractivity contribution in [1.29, 1.82) is 0 Å². The second kappa shape index (κ2) is 9.52. The number of hydrogen-bond donors (Lipinski definition) is 1. The van der Waals surface area contributed by atoms with Crippen LogP contribution in [0.25, 0.3) is 5.69 Å². The normalized spacial score (nSPS) is 16.1. The zero-order valence-electron chi connectivity index (χ0n) is 19.9. The summed E-state index contributed by atoms with van der Waals surface area (Å²) in [5.41, 5.74) is 3.97. The lowest BCUT2D eigenvalue weighted by molar-refractivity contribution is -0.119. The van der Waals surface area contributed by atoms with E-state index in [0.717, 1.165) is 39.9 Å². The van der Waals surface area contributed by atoms with E-state index in [0.29, 0.717) is 5.69 Å². The minimum atomic E-state index is -0.466. The van der Waals surface area contributed by atoms with Gasteiger partial charge in [0.05, 0.1) is 17.1 Å². The molecule has 0 spiro atoms. The summed E-state index contributed by atoms with van der Waals surface area (Å²) >= 11 is 3.43.